The highest BCUT2D eigenvalue weighted by Crippen LogP contribution is 2.27. The summed E-state index contributed by atoms with van der Waals surface area (Å²) in [5.41, 5.74) is 0.891. The first-order valence-corrected chi connectivity index (χ1v) is 11.8. The van der Waals surface area contributed by atoms with Gasteiger partial charge < -0.3 is 9.47 Å². The Hall–Kier alpha value is -2.76. The van der Waals surface area contributed by atoms with Crippen LogP contribution in [0.15, 0.2) is 49.1 Å². The van der Waals surface area contributed by atoms with E-state index in [9.17, 15) is 9.59 Å². The highest BCUT2D eigenvalue weighted by atomic mass is 16.5. The Morgan fingerprint density at radius 3 is 1.45 bits per heavy atom. The Morgan fingerprint density at radius 2 is 1.09 bits per heavy atom. The van der Waals surface area contributed by atoms with E-state index in [1.165, 1.54) is 18.8 Å². The Bertz CT molecular complexity index is 779. The molecule has 0 amide bonds. The van der Waals surface area contributed by atoms with Crippen molar-refractivity contribution in [3.05, 3.63) is 60.2 Å². The SMILES string of the molecule is CC(C)(CCCCCCCC(C)(C)COC(=O)c1cccnc1)COC(=O)c1cccnc1. The first kappa shape index (κ1) is 26.5. The number of aromatic nitrogens is 2. The van der Waals surface area contributed by atoms with Gasteiger partial charge in [-0.1, -0.05) is 59.8 Å². The lowest BCUT2D eigenvalue weighted by Crippen LogP contribution is -2.22. The van der Waals surface area contributed by atoms with Gasteiger partial charge in [-0.05, 0) is 47.9 Å². The molecule has 2 heterocycles. The van der Waals surface area contributed by atoms with Crippen molar-refractivity contribution in [2.24, 2.45) is 10.8 Å². The highest BCUT2D eigenvalue weighted by Gasteiger charge is 2.22. The summed E-state index contributed by atoms with van der Waals surface area (Å²) >= 11 is 0. The molecule has 0 saturated heterocycles. The number of esters is 2. The van der Waals surface area contributed by atoms with Crippen LogP contribution in [-0.4, -0.2) is 35.1 Å². The molecule has 0 radical (unpaired) electrons. The van der Waals surface area contributed by atoms with Gasteiger partial charge in [-0.25, -0.2) is 9.59 Å². The molecule has 0 aliphatic rings. The van der Waals surface area contributed by atoms with Crippen molar-refractivity contribution in [2.45, 2.75) is 72.6 Å². The monoisotopic (exact) mass is 454 g/mol. The van der Waals surface area contributed by atoms with Crippen LogP contribution in [0, 0.1) is 10.8 Å². The Balaban J connectivity index is 1.54. The Kier molecular flexibility index (Phi) is 10.5. The maximum absolute atomic E-state index is 12.1. The van der Waals surface area contributed by atoms with Crippen LogP contribution in [0.5, 0.6) is 0 Å². The van der Waals surface area contributed by atoms with Crippen molar-refractivity contribution in [1.82, 2.24) is 9.97 Å². The Morgan fingerprint density at radius 1 is 0.697 bits per heavy atom. The van der Waals surface area contributed by atoms with Gasteiger partial charge in [0.25, 0.3) is 0 Å². The van der Waals surface area contributed by atoms with Crippen LogP contribution in [0.4, 0.5) is 0 Å². The van der Waals surface area contributed by atoms with Gasteiger partial charge in [-0.3, -0.25) is 9.97 Å². The van der Waals surface area contributed by atoms with Crippen LogP contribution in [0.1, 0.15) is 93.4 Å². The van der Waals surface area contributed by atoms with E-state index in [2.05, 4.69) is 37.7 Å². The summed E-state index contributed by atoms with van der Waals surface area (Å²) in [6.45, 7) is 9.37. The number of nitrogens with zero attached hydrogens (tertiary/aromatic N) is 2. The third-order valence-corrected chi connectivity index (χ3v) is 5.69. The van der Waals surface area contributed by atoms with E-state index in [-0.39, 0.29) is 22.8 Å². The zero-order valence-corrected chi connectivity index (χ0v) is 20.5. The molecule has 6 nitrogen and oxygen atoms in total. The van der Waals surface area contributed by atoms with Gasteiger partial charge in [0.2, 0.25) is 0 Å². The number of rotatable bonds is 14. The fourth-order valence-corrected chi connectivity index (χ4v) is 3.54. The molecule has 0 atom stereocenters. The van der Waals surface area contributed by atoms with Crippen LogP contribution in [0.3, 0.4) is 0 Å². The van der Waals surface area contributed by atoms with Crippen molar-refractivity contribution in [3.8, 4) is 0 Å². The van der Waals surface area contributed by atoms with Crippen LogP contribution >= 0.6 is 0 Å². The molecular weight excluding hydrogens is 416 g/mol. The number of carbonyl (C=O) groups is 2. The maximum atomic E-state index is 12.1. The molecule has 6 heteroatoms. The van der Waals surface area contributed by atoms with E-state index in [0.717, 1.165) is 38.5 Å². The fourth-order valence-electron chi connectivity index (χ4n) is 3.54. The summed E-state index contributed by atoms with van der Waals surface area (Å²) in [6, 6.07) is 6.90. The van der Waals surface area contributed by atoms with Crippen molar-refractivity contribution in [3.63, 3.8) is 0 Å². The molecular formula is C27H38N2O4. The summed E-state index contributed by atoms with van der Waals surface area (Å²) in [4.78, 5) is 32.1. The third kappa shape index (κ3) is 10.6. The number of hydrogen-bond donors (Lipinski definition) is 0. The van der Waals surface area contributed by atoms with E-state index in [4.69, 9.17) is 9.47 Å². The van der Waals surface area contributed by atoms with Crippen molar-refractivity contribution in [1.29, 1.82) is 0 Å². The zero-order chi connectivity index (χ0) is 24.2. The van der Waals surface area contributed by atoms with Gasteiger partial charge in [-0.2, -0.15) is 0 Å². The quantitative estimate of drug-likeness (QED) is 0.247. The van der Waals surface area contributed by atoms with Crippen molar-refractivity contribution in [2.75, 3.05) is 13.2 Å². The first-order chi connectivity index (χ1) is 15.7. The molecule has 0 N–H and O–H groups in total. The molecule has 2 aromatic heterocycles. The highest BCUT2D eigenvalue weighted by molar-refractivity contribution is 5.89. The minimum Gasteiger partial charge on any atom is -0.461 e. The molecule has 2 rings (SSSR count). The van der Waals surface area contributed by atoms with Crippen LogP contribution < -0.4 is 0 Å². The molecule has 0 spiro atoms. The number of carbonyl (C=O) groups excluding carboxylic acids is 2. The summed E-state index contributed by atoms with van der Waals surface area (Å²) in [6.07, 6.45) is 14.1. The molecule has 2 aromatic rings. The third-order valence-electron chi connectivity index (χ3n) is 5.69. The molecule has 0 aliphatic carbocycles. The molecule has 0 aliphatic heterocycles. The number of pyridine rings is 2. The molecule has 0 bridgehead atoms. The molecule has 0 unspecified atom stereocenters. The van der Waals surface area contributed by atoms with Crippen LogP contribution in [0.25, 0.3) is 0 Å². The van der Waals surface area contributed by atoms with Gasteiger partial charge in [-0.15, -0.1) is 0 Å². The van der Waals surface area contributed by atoms with Crippen LogP contribution in [0.2, 0.25) is 0 Å². The lowest BCUT2D eigenvalue weighted by molar-refractivity contribution is 0.0320. The van der Waals surface area contributed by atoms with Gasteiger partial charge in [0.05, 0.1) is 24.3 Å². The van der Waals surface area contributed by atoms with E-state index in [0.29, 0.717) is 24.3 Å². The minimum absolute atomic E-state index is 0.0436. The minimum atomic E-state index is -0.315. The van der Waals surface area contributed by atoms with Gasteiger partial charge in [0, 0.05) is 24.8 Å². The average Bonchev–Trinajstić information content (AvgIpc) is 2.81. The van der Waals surface area contributed by atoms with E-state index < -0.39 is 0 Å². The number of hydrogen-bond acceptors (Lipinski definition) is 6. The average molecular weight is 455 g/mol. The molecule has 0 aromatic carbocycles. The maximum Gasteiger partial charge on any atom is 0.339 e. The Labute approximate surface area is 198 Å². The van der Waals surface area contributed by atoms with Crippen molar-refractivity contribution < 1.29 is 19.1 Å². The zero-order valence-electron chi connectivity index (χ0n) is 20.5. The smallest absolute Gasteiger partial charge is 0.339 e. The first-order valence-electron chi connectivity index (χ1n) is 11.8. The predicted octanol–water partition coefficient (Wildman–Crippen LogP) is 6.27. The van der Waals surface area contributed by atoms with E-state index >= 15 is 0 Å². The summed E-state index contributed by atoms with van der Waals surface area (Å²) in [7, 11) is 0. The molecule has 0 saturated carbocycles. The van der Waals surface area contributed by atoms with Gasteiger partial charge in [0.1, 0.15) is 0 Å². The predicted molar refractivity (Wildman–Crippen MR) is 129 cm³/mol. The van der Waals surface area contributed by atoms with E-state index in [1.54, 1.807) is 36.7 Å². The normalized spacial score (nSPS) is 11.8. The summed E-state index contributed by atoms with van der Waals surface area (Å²) in [5.74, 6) is -0.630. The van der Waals surface area contributed by atoms with E-state index in [1.807, 2.05) is 0 Å². The topological polar surface area (TPSA) is 78.4 Å². The number of unbranched alkanes of at least 4 members (excludes halogenated alkanes) is 4. The lowest BCUT2D eigenvalue weighted by Gasteiger charge is -2.25. The second kappa shape index (κ2) is 13.1. The lowest BCUT2D eigenvalue weighted by atomic mass is 9.86. The van der Waals surface area contributed by atoms with Gasteiger partial charge in [0.15, 0.2) is 0 Å². The van der Waals surface area contributed by atoms with Gasteiger partial charge >= 0.3 is 11.9 Å². The second-order valence-corrected chi connectivity index (χ2v) is 10.2. The number of ether oxygens (including phenoxy) is 2. The molecule has 0 fully saturated rings. The summed E-state index contributed by atoms with van der Waals surface area (Å²) < 4.78 is 11.0. The van der Waals surface area contributed by atoms with Crippen molar-refractivity contribution >= 4 is 11.9 Å². The fraction of sp³-hybridized carbons (Fsp3) is 0.556. The van der Waals surface area contributed by atoms with Crippen LogP contribution in [-0.2, 0) is 9.47 Å². The standard InChI is InChI=1S/C27H38N2O4/c1-26(2,20-32-24(30)22-12-10-16-28-18-22)14-8-6-5-7-9-15-27(3,4)21-33-25(31)23-13-11-17-29-19-23/h10-13,16-19H,5-9,14-15,20-21H2,1-4H3. The molecule has 33 heavy (non-hydrogen) atoms. The summed E-state index contributed by atoms with van der Waals surface area (Å²) in [5, 5.41) is 0. The largest absolute Gasteiger partial charge is 0.461 e. The second-order valence-electron chi connectivity index (χ2n) is 10.2. The molecule has 180 valence electrons.